The van der Waals surface area contributed by atoms with Crippen molar-refractivity contribution in [3.8, 4) is 0 Å². The summed E-state index contributed by atoms with van der Waals surface area (Å²) in [7, 11) is 0. The number of aromatic amines is 1. The highest BCUT2D eigenvalue weighted by molar-refractivity contribution is 6.39. The van der Waals surface area contributed by atoms with E-state index < -0.39 is 0 Å². The molecule has 0 unspecified atom stereocenters. The van der Waals surface area contributed by atoms with Crippen LogP contribution in [0.4, 0.5) is 0 Å². The predicted octanol–water partition coefficient (Wildman–Crippen LogP) is 2.65. The number of hydrogen-bond donors (Lipinski definition) is 2. The van der Waals surface area contributed by atoms with E-state index in [4.69, 9.17) is 23.2 Å². The lowest BCUT2D eigenvalue weighted by molar-refractivity contribution is 0.0950. The summed E-state index contributed by atoms with van der Waals surface area (Å²) in [4.78, 5) is 11.9. The van der Waals surface area contributed by atoms with Crippen LogP contribution in [0.15, 0.2) is 30.5 Å². The highest BCUT2D eigenvalue weighted by Gasteiger charge is 2.13. The molecule has 0 saturated carbocycles. The second-order valence-corrected chi connectivity index (χ2v) is 4.18. The van der Waals surface area contributed by atoms with Crippen LogP contribution < -0.4 is 5.32 Å². The molecule has 2 aromatic rings. The Labute approximate surface area is 108 Å². The summed E-state index contributed by atoms with van der Waals surface area (Å²) in [6.45, 7) is 0.348. The average Bonchev–Trinajstić information content (AvgIpc) is 2.79. The fraction of sp³-hybridized carbons (Fsp3) is 0.0909. The van der Waals surface area contributed by atoms with Crippen molar-refractivity contribution in [1.29, 1.82) is 0 Å². The van der Waals surface area contributed by atoms with Crippen molar-refractivity contribution in [2.45, 2.75) is 6.54 Å². The Morgan fingerprint density at radius 2 is 2.00 bits per heavy atom. The first-order valence-corrected chi connectivity index (χ1v) is 5.64. The molecule has 1 aromatic heterocycles. The van der Waals surface area contributed by atoms with Crippen LogP contribution in [0.1, 0.15) is 16.1 Å². The lowest BCUT2D eigenvalue weighted by atomic mass is 10.2. The molecule has 0 bridgehead atoms. The fourth-order valence-electron chi connectivity index (χ4n) is 1.36. The van der Waals surface area contributed by atoms with Crippen LogP contribution in [-0.4, -0.2) is 16.1 Å². The summed E-state index contributed by atoms with van der Waals surface area (Å²) in [5.74, 6) is -0.310. The van der Waals surface area contributed by atoms with E-state index in [0.29, 0.717) is 16.6 Å². The molecule has 0 aliphatic rings. The summed E-state index contributed by atoms with van der Waals surface area (Å²) in [6.07, 6.45) is 1.62. The average molecular weight is 270 g/mol. The summed E-state index contributed by atoms with van der Waals surface area (Å²) in [5.41, 5.74) is 1.09. The third-order valence-corrected chi connectivity index (χ3v) is 2.82. The molecular formula is C11H9Cl2N3O. The molecule has 0 aliphatic carbocycles. The minimum Gasteiger partial charge on any atom is -0.346 e. The van der Waals surface area contributed by atoms with E-state index in [0.717, 1.165) is 5.69 Å². The molecule has 0 saturated heterocycles. The molecule has 17 heavy (non-hydrogen) atoms. The molecule has 1 heterocycles. The number of nitrogens with zero attached hydrogens (tertiary/aromatic N) is 1. The molecular weight excluding hydrogens is 261 g/mol. The van der Waals surface area contributed by atoms with Crippen LogP contribution in [0.3, 0.4) is 0 Å². The van der Waals surface area contributed by atoms with Crippen LogP contribution in [-0.2, 0) is 6.54 Å². The van der Waals surface area contributed by atoms with Gasteiger partial charge in [-0.05, 0) is 18.2 Å². The largest absolute Gasteiger partial charge is 0.346 e. The lowest BCUT2D eigenvalue weighted by Crippen LogP contribution is -2.23. The van der Waals surface area contributed by atoms with Gasteiger partial charge in [-0.1, -0.05) is 29.3 Å². The first-order valence-electron chi connectivity index (χ1n) is 4.89. The molecule has 2 N–H and O–H groups in total. The Morgan fingerprint density at radius 1 is 1.29 bits per heavy atom. The van der Waals surface area contributed by atoms with E-state index in [-0.39, 0.29) is 11.5 Å². The number of rotatable bonds is 3. The zero-order valence-corrected chi connectivity index (χ0v) is 10.2. The first kappa shape index (κ1) is 12.0. The standard InChI is InChI=1S/C11H9Cl2N3O/c12-8-2-1-3-9(13)10(8)11(17)14-6-7-4-5-15-16-7/h1-5H,6H2,(H,14,17)(H,15,16). The van der Waals surface area contributed by atoms with Gasteiger partial charge in [0.05, 0.1) is 27.8 Å². The molecule has 1 amide bonds. The third kappa shape index (κ3) is 2.78. The van der Waals surface area contributed by atoms with E-state index >= 15 is 0 Å². The minimum atomic E-state index is -0.310. The van der Waals surface area contributed by atoms with E-state index in [2.05, 4.69) is 15.5 Å². The van der Waals surface area contributed by atoms with Gasteiger partial charge >= 0.3 is 0 Å². The van der Waals surface area contributed by atoms with Gasteiger partial charge in [0.25, 0.3) is 5.91 Å². The molecule has 1 aromatic carbocycles. The number of H-pyrrole nitrogens is 1. The van der Waals surface area contributed by atoms with E-state index in [1.807, 2.05) is 0 Å². The van der Waals surface area contributed by atoms with Crippen molar-refractivity contribution in [3.05, 3.63) is 51.8 Å². The smallest absolute Gasteiger partial charge is 0.254 e. The highest BCUT2D eigenvalue weighted by Crippen LogP contribution is 2.23. The normalized spacial score (nSPS) is 10.2. The predicted molar refractivity (Wildman–Crippen MR) is 66.2 cm³/mol. The van der Waals surface area contributed by atoms with E-state index in [1.165, 1.54) is 0 Å². The molecule has 2 rings (SSSR count). The Morgan fingerprint density at radius 3 is 2.59 bits per heavy atom. The third-order valence-electron chi connectivity index (χ3n) is 2.19. The van der Waals surface area contributed by atoms with Crippen molar-refractivity contribution < 1.29 is 4.79 Å². The van der Waals surface area contributed by atoms with Crippen molar-refractivity contribution >= 4 is 29.1 Å². The fourth-order valence-corrected chi connectivity index (χ4v) is 1.93. The monoisotopic (exact) mass is 269 g/mol. The van der Waals surface area contributed by atoms with Gasteiger partial charge in [0, 0.05) is 6.20 Å². The number of nitrogens with one attached hydrogen (secondary N) is 2. The number of carbonyl (C=O) groups is 1. The molecule has 4 nitrogen and oxygen atoms in total. The zero-order chi connectivity index (χ0) is 12.3. The van der Waals surface area contributed by atoms with Gasteiger partial charge in [-0.15, -0.1) is 0 Å². The van der Waals surface area contributed by atoms with Gasteiger partial charge in [0.2, 0.25) is 0 Å². The van der Waals surface area contributed by atoms with Crippen molar-refractivity contribution in [2.75, 3.05) is 0 Å². The number of hydrogen-bond acceptors (Lipinski definition) is 2. The molecule has 0 radical (unpaired) electrons. The molecule has 0 aliphatic heterocycles. The summed E-state index contributed by atoms with van der Waals surface area (Å²) in [5, 5.41) is 9.89. The molecule has 0 spiro atoms. The number of aromatic nitrogens is 2. The maximum Gasteiger partial charge on any atom is 0.254 e. The van der Waals surface area contributed by atoms with Crippen molar-refractivity contribution in [2.24, 2.45) is 0 Å². The Hall–Kier alpha value is -1.52. The van der Waals surface area contributed by atoms with Gasteiger partial charge in [-0.25, -0.2) is 0 Å². The molecule has 6 heteroatoms. The summed E-state index contributed by atoms with van der Waals surface area (Å²) in [6, 6.07) is 6.71. The Balaban J connectivity index is 2.10. The summed E-state index contributed by atoms with van der Waals surface area (Å²) < 4.78 is 0. The van der Waals surface area contributed by atoms with Crippen LogP contribution in [0, 0.1) is 0 Å². The number of benzene rings is 1. The van der Waals surface area contributed by atoms with E-state index in [1.54, 1.807) is 30.5 Å². The van der Waals surface area contributed by atoms with Gasteiger partial charge in [-0.2, -0.15) is 5.10 Å². The number of halogens is 2. The van der Waals surface area contributed by atoms with Crippen molar-refractivity contribution in [3.63, 3.8) is 0 Å². The second-order valence-electron chi connectivity index (χ2n) is 3.36. The van der Waals surface area contributed by atoms with Gasteiger partial charge < -0.3 is 5.32 Å². The SMILES string of the molecule is O=C(NCc1ccn[nH]1)c1c(Cl)cccc1Cl. The maximum absolute atomic E-state index is 11.9. The van der Waals surface area contributed by atoms with Crippen LogP contribution >= 0.6 is 23.2 Å². The van der Waals surface area contributed by atoms with Crippen molar-refractivity contribution in [1.82, 2.24) is 15.5 Å². The summed E-state index contributed by atoms with van der Waals surface area (Å²) >= 11 is 11.8. The number of amides is 1. The molecule has 0 atom stereocenters. The van der Waals surface area contributed by atoms with Crippen LogP contribution in [0.5, 0.6) is 0 Å². The highest BCUT2D eigenvalue weighted by atomic mass is 35.5. The Kier molecular flexibility index (Phi) is 3.66. The molecule has 0 fully saturated rings. The Bertz CT molecular complexity index is 505. The minimum absolute atomic E-state index is 0.287. The van der Waals surface area contributed by atoms with Gasteiger partial charge in [0.1, 0.15) is 0 Å². The number of carbonyl (C=O) groups excluding carboxylic acids is 1. The van der Waals surface area contributed by atoms with Crippen LogP contribution in [0.25, 0.3) is 0 Å². The van der Waals surface area contributed by atoms with Crippen LogP contribution in [0.2, 0.25) is 10.0 Å². The van der Waals surface area contributed by atoms with Gasteiger partial charge in [0.15, 0.2) is 0 Å². The quantitative estimate of drug-likeness (QED) is 0.900. The van der Waals surface area contributed by atoms with E-state index in [9.17, 15) is 4.79 Å². The lowest BCUT2D eigenvalue weighted by Gasteiger charge is -2.07. The molecule has 88 valence electrons. The maximum atomic E-state index is 11.9. The first-order chi connectivity index (χ1) is 8.18. The topological polar surface area (TPSA) is 57.8 Å². The second kappa shape index (κ2) is 5.21. The zero-order valence-electron chi connectivity index (χ0n) is 8.71. The van der Waals surface area contributed by atoms with Gasteiger partial charge in [-0.3, -0.25) is 9.89 Å².